The van der Waals surface area contributed by atoms with Crippen molar-refractivity contribution < 1.29 is 15.1 Å². The van der Waals surface area contributed by atoms with Crippen molar-refractivity contribution in [1.82, 2.24) is 5.06 Å². The summed E-state index contributed by atoms with van der Waals surface area (Å²) in [7, 11) is 0. The molecule has 0 aromatic heterocycles. The fraction of sp³-hybridized carbons (Fsp3) is 0.316. The van der Waals surface area contributed by atoms with Crippen LogP contribution in [-0.2, 0) is 11.2 Å². The smallest absolute Gasteiger partial charge is 0.305 e. The third-order valence-electron chi connectivity index (χ3n) is 3.97. The Morgan fingerprint density at radius 2 is 1.78 bits per heavy atom. The Bertz CT molecular complexity index is 628. The Labute approximate surface area is 137 Å². The number of carboxylic acid groups (broad SMARTS) is 1. The molecule has 4 nitrogen and oxygen atoms in total. The molecule has 2 aromatic carbocycles. The number of carboxylic acids is 1. The van der Waals surface area contributed by atoms with Crippen LogP contribution >= 0.6 is 0 Å². The summed E-state index contributed by atoms with van der Waals surface area (Å²) in [5, 5.41) is 20.1. The Morgan fingerprint density at radius 1 is 1.09 bits per heavy atom. The molecule has 23 heavy (non-hydrogen) atoms. The fourth-order valence-electron chi connectivity index (χ4n) is 2.63. The molecule has 2 rings (SSSR count). The van der Waals surface area contributed by atoms with Gasteiger partial charge >= 0.3 is 5.97 Å². The minimum Gasteiger partial charge on any atom is -0.481 e. The summed E-state index contributed by atoms with van der Waals surface area (Å²) in [6, 6.07) is 18.0. The zero-order valence-electron chi connectivity index (χ0n) is 13.4. The maximum atomic E-state index is 10.8. The minimum atomic E-state index is -0.887. The second-order valence-electron chi connectivity index (χ2n) is 5.64. The highest BCUT2D eigenvalue weighted by Crippen LogP contribution is 2.20. The quantitative estimate of drug-likeness (QED) is 0.727. The summed E-state index contributed by atoms with van der Waals surface area (Å²) in [6.45, 7) is 2.30. The van der Waals surface area contributed by atoms with E-state index in [1.54, 1.807) is 0 Å². The lowest BCUT2D eigenvalue weighted by Crippen LogP contribution is -2.35. The van der Waals surface area contributed by atoms with Gasteiger partial charge in [0.05, 0.1) is 6.42 Å². The van der Waals surface area contributed by atoms with Crippen LogP contribution in [0.15, 0.2) is 54.6 Å². The highest BCUT2D eigenvalue weighted by atomic mass is 16.5. The molecule has 0 saturated carbocycles. The van der Waals surface area contributed by atoms with Crippen LogP contribution in [0, 0.1) is 0 Å². The van der Waals surface area contributed by atoms with Crippen molar-refractivity contribution in [3.05, 3.63) is 60.2 Å². The van der Waals surface area contributed by atoms with Crippen LogP contribution in [0.3, 0.4) is 0 Å². The van der Waals surface area contributed by atoms with Gasteiger partial charge in [-0.15, -0.1) is 0 Å². The van der Waals surface area contributed by atoms with Crippen molar-refractivity contribution in [3.63, 3.8) is 0 Å². The molecule has 0 spiro atoms. The summed E-state index contributed by atoms with van der Waals surface area (Å²) in [6.07, 6.45) is 1.23. The number of hydrogen-bond acceptors (Lipinski definition) is 3. The molecule has 0 bridgehead atoms. The molecule has 122 valence electrons. The number of hydrogen-bond donors (Lipinski definition) is 2. The minimum absolute atomic E-state index is 0.0446. The van der Waals surface area contributed by atoms with Crippen molar-refractivity contribution in [3.8, 4) is 11.1 Å². The standard InChI is InChI=1S/C19H23NO3/c1-2-18(14-19(21)22)20(23)12-11-15-7-6-10-17(13-15)16-8-4-3-5-9-16/h3-10,13,18,23H,2,11-12,14H2,1H3,(H,21,22)/t18-/m0/s1. The lowest BCUT2D eigenvalue weighted by atomic mass is 10.0. The highest BCUT2D eigenvalue weighted by molar-refractivity contribution is 5.67. The first-order valence-corrected chi connectivity index (χ1v) is 7.91. The maximum Gasteiger partial charge on any atom is 0.305 e. The topological polar surface area (TPSA) is 60.8 Å². The number of aliphatic carboxylic acids is 1. The van der Waals surface area contributed by atoms with Crippen LogP contribution < -0.4 is 0 Å². The third-order valence-corrected chi connectivity index (χ3v) is 3.97. The Kier molecular flexibility index (Phi) is 6.32. The van der Waals surface area contributed by atoms with Crippen molar-refractivity contribution >= 4 is 5.97 Å². The second kappa shape index (κ2) is 8.46. The van der Waals surface area contributed by atoms with Gasteiger partial charge in [-0.1, -0.05) is 61.5 Å². The normalized spacial score (nSPS) is 12.3. The predicted molar refractivity (Wildman–Crippen MR) is 90.4 cm³/mol. The van der Waals surface area contributed by atoms with E-state index in [9.17, 15) is 10.0 Å². The molecule has 0 aliphatic rings. The van der Waals surface area contributed by atoms with Gasteiger partial charge in [0, 0.05) is 12.6 Å². The van der Waals surface area contributed by atoms with Crippen LogP contribution in [-0.4, -0.2) is 33.9 Å². The van der Waals surface area contributed by atoms with E-state index in [0.29, 0.717) is 19.4 Å². The average molecular weight is 313 g/mol. The summed E-state index contributed by atoms with van der Waals surface area (Å²) in [4.78, 5) is 10.8. The van der Waals surface area contributed by atoms with Crippen LogP contribution in [0.4, 0.5) is 0 Å². The summed E-state index contributed by atoms with van der Waals surface area (Å²) in [5.74, 6) is -0.887. The van der Waals surface area contributed by atoms with Crippen molar-refractivity contribution in [1.29, 1.82) is 0 Å². The highest BCUT2D eigenvalue weighted by Gasteiger charge is 2.17. The molecule has 1 atom stereocenters. The molecule has 0 saturated heterocycles. The molecule has 0 aliphatic heterocycles. The van der Waals surface area contributed by atoms with Crippen LogP contribution in [0.5, 0.6) is 0 Å². The molecule has 0 fully saturated rings. The average Bonchev–Trinajstić information content (AvgIpc) is 2.58. The van der Waals surface area contributed by atoms with E-state index in [4.69, 9.17) is 5.11 Å². The van der Waals surface area contributed by atoms with E-state index in [1.165, 1.54) is 0 Å². The monoisotopic (exact) mass is 313 g/mol. The van der Waals surface area contributed by atoms with Crippen LogP contribution in [0.1, 0.15) is 25.3 Å². The second-order valence-corrected chi connectivity index (χ2v) is 5.64. The number of rotatable bonds is 8. The van der Waals surface area contributed by atoms with E-state index in [2.05, 4.69) is 24.3 Å². The first kappa shape index (κ1) is 17.2. The van der Waals surface area contributed by atoms with Crippen LogP contribution in [0.2, 0.25) is 0 Å². The van der Waals surface area contributed by atoms with E-state index in [-0.39, 0.29) is 12.5 Å². The van der Waals surface area contributed by atoms with E-state index >= 15 is 0 Å². The van der Waals surface area contributed by atoms with Crippen molar-refractivity contribution in [2.24, 2.45) is 0 Å². The molecule has 0 aliphatic carbocycles. The van der Waals surface area contributed by atoms with E-state index in [0.717, 1.165) is 21.8 Å². The lowest BCUT2D eigenvalue weighted by Gasteiger charge is -2.23. The Hall–Kier alpha value is -2.17. The largest absolute Gasteiger partial charge is 0.481 e. The van der Waals surface area contributed by atoms with Gasteiger partial charge in [0.25, 0.3) is 0 Å². The van der Waals surface area contributed by atoms with Crippen molar-refractivity contribution in [2.75, 3.05) is 6.54 Å². The molecule has 0 radical (unpaired) electrons. The first-order valence-electron chi connectivity index (χ1n) is 7.91. The number of nitrogens with zero attached hydrogens (tertiary/aromatic N) is 1. The van der Waals surface area contributed by atoms with Gasteiger partial charge < -0.3 is 10.3 Å². The molecule has 4 heteroatoms. The van der Waals surface area contributed by atoms with Gasteiger partial charge in [-0.25, -0.2) is 0 Å². The first-order chi connectivity index (χ1) is 11.1. The third kappa shape index (κ3) is 5.20. The summed E-state index contributed by atoms with van der Waals surface area (Å²) < 4.78 is 0. The number of carbonyl (C=O) groups is 1. The molecule has 0 amide bonds. The van der Waals surface area contributed by atoms with Gasteiger partial charge in [0.15, 0.2) is 0 Å². The van der Waals surface area contributed by atoms with Gasteiger partial charge in [-0.3, -0.25) is 4.79 Å². The van der Waals surface area contributed by atoms with Gasteiger partial charge in [-0.2, -0.15) is 5.06 Å². The molecule has 0 unspecified atom stereocenters. The van der Waals surface area contributed by atoms with Crippen LogP contribution in [0.25, 0.3) is 11.1 Å². The zero-order chi connectivity index (χ0) is 16.7. The fourth-order valence-corrected chi connectivity index (χ4v) is 2.63. The summed E-state index contributed by atoms with van der Waals surface area (Å²) >= 11 is 0. The maximum absolute atomic E-state index is 10.8. The summed E-state index contributed by atoms with van der Waals surface area (Å²) in [5.41, 5.74) is 3.42. The Balaban J connectivity index is 1.99. The molecular formula is C19H23NO3. The van der Waals surface area contributed by atoms with E-state index < -0.39 is 5.97 Å². The SMILES string of the molecule is CC[C@@H](CC(=O)O)N(O)CCc1cccc(-c2ccccc2)c1. The van der Waals surface area contributed by atoms with Gasteiger partial charge in [-0.05, 0) is 29.5 Å². The molecule has 2 N–H and O–H groups in total. The number of benzene rings is 2. The predicted octanol–water partition coefficient (Wildman–Crippen LogP) is 3.84. The lowest BCUT2D eigenvalue weighted by molar-refractivity contribution is -0.152. The zero-order valence-corrected chi connectivity index (χ0v) is 13.4. The van der Waals surface area contributed by atoms with Gasteiger partial charge in [0.2, 0.25) is 0 Å². The molecule has 0 heterocycles. The molecule has 2 aromatic rings. The van der Waals surface area contributed by atoms with Crippen molar-refractivity contribution in [2.45, 2.75) is 32.2 Å². The number of hydroxylamine groups is 2. The Morgan fingerprint density at radius 3 is 2.43 bits per heavy atom. The molecular weight excluding hydrogens is 290 g/mol. The van der Waals surface area contributed by atoms with Gasteiger partial charge in [0.1, 0.15) is 0 Å². The van der Waals surface area contributed by atoms with E-state index in [1.807, 2.05) is 37.3 Å².